The van der Waals surface area contributed by atoms with E-state index in [-0.39, 0.29) is 17.0 Å². The summed E-state index contributed by atoms with van der Waals surface area (Å²) in [5.74, 6) is -9.05. The molecule has 0 aliphatic heterocycles. The molecule has 0 atom stereocenters. The molecule has 42 heavy (non-hydrogen) atoms. The van der Waals surface area contributed by atoms with Gasteiger partial charge in [-0.3, -0.25) is 0 Å². The number of halogens is 11. The van der Waals surface area contributed by atoms with Crippen LogP contribution in [0.25, 0.3) is 32.7 Å². The van der Waals surface area contributed by atoms with Crippen molar-refractivity contribution in [1.82, 2.24) is 0 Å². The van der Waals surface area contributed by atoms with E-state index in [1.54, 1.807) is 12.1 Å². The first kappa shape index (κ1) is 28.7. The number of hydrogen-bond donors (Lipinski definition) is 0. The van der Waals surface area contributed by atoms with E-state index in [0.717, 1.165) is 0 Å². The van der Waals surface area contributed by atoms with E-state index in [2.05, 4.69) is 4.74 Å². The van der Waals surface area contributed by atoms with Gasteiger partial charge in [0.05, 0.1) is 10.9 Å². The fourth-order valence-corrected chi connectivity index (χ4v) is 4.36. The molecule has 0 saturated heterocycles. The van der Waals surface area contributed by atoms with Gasteiger partial charge in [0.25, 0.3) is 0 Å². The SMILES string of the molecule is Fc1cc2cc(OC(F)(F)c3c(F)cc(-c4ccc5ccccc5c4F)cc3F)cc(F)c2c(F)c1C#CC(F)(F)F. The second-order valence-electron chi connectivity index (χ2n) is 8.88. The van der Waals surface area contributed by atoms with Gasteiger partial charge >= 0.3 is 12.3 Å². The third kappa shape index (κ3) is 5.30. The maximum absolute atomic E-state index is 15.0. The van der Waals surface area contributed by atoms with Gasteiger partial charge in [0, 0.05) is 22.9 Å². The van der Waals surface area contributed by atoms with E-state index in [1.165, 1.54) is 30.2 Å². The summed E-state index contributed by atoms with van der Waals surface area (Å²) in [7, 11) is 0. The Kier molecular flexibility index (Phi) is 7.00. The summed E-state index contributed by atoms with van der Waals surface area (Å²) in [6.07, 6.45) is -9.95. The van der Waals surface area contributed by atoms with Gasteiger partial charge in [0.15, 0.2) is 5.82 Å². The van der Waals surface area contributed by atoms with Crippen LogP contribution >= 0.6 is 0 Å². The summed E-state index contributed by atoms with van der Waals surface area (Å²) >= 11 is 0. The Morgan fingerprint density at radius 3 is 1.95 bits per heavy atom. The van der Waals surface area contributed by atoms with Crippen molar-refractivity contribution >= 4 is 21.5 Å². The average molecular weight is 596 g/mol. The van der Waals surface area contributed by atoms with Crippen LogP contribution in [-0.4, -0.2) is 6.18 Å². The normalized spacial score (nSPS) is 12.0. The molecular formula is C30H11F11O. The molecule has 5 aromatic rings. The fraction of sp³-hybridized carbons (Fsp3) is 0.0667. The average Bonchev–Trinajstić information content (AvgIpc) is 2.87. The Morgan fingerprint density at radius 2 is 1.29 bits per heavy atom. The molecule has 12 heteroatoms. The number of rotatable bonds is 4. The molecule has 0 aromatic heterocycles. The maximum atomic E-state index is 15.0. The number of hydrogen-bond acceptors (Lipinski definition) is 1. The molecule has 0 aliphatic rings. The molecule has 1 nitrogen and oxygen atoms in total. The zero-order valence-electron chi connectivity index (χ0n) is 20.4. The summed E-state index contributed by atoms with van der Waals surface area (Å²) in [5, 5.41) is -1.28. The predicted molar refractivity (Wildman–Crippen MR) is 131 cm³/mol. The second kappa shape index (κ2) is 10.2. The largest absolute Gasteiger partial charge is 0.458 e. The van der Waals surface area contributed by atoms with Crippen molar-refractivity contribution in [1.29, 1.82) is 0 Å². The first-order chi connectivity index (χ1) is 19.7. The van der Waals surface area contributed by atoms with Crippen molar-refractivity contribution in [3.05, 3.63) is 113 Å². The Bertz CT molecular complexity index is 1930. The van der Waals surface area contributed by atoms with Crippen molar-refractivity contribution in [2.24, 2.45) is 0 Å². The van der Waals surface area contributed by atoms with Gasteiger partial charge in [-0.05, 0) is 40.6 Å². The highest BCUT2D eigenvalue weighted by molar-refractivity contribution is 5.88. The predicted octanol–water partition coefficient (Wildman–Crippen LogP) is 9.54. The van der Waals surface area contributed by atoms with Crippen molar-refractivity contribution in [2.75, 3.05) is 0 Å². The van der Waals surface area contributed by atoms with Gasteiger partial charge in [0.1, 0.15) is 40.4 Å². The smallest absolute Gasteiger partial charge is 0.429 e. The lowest BCUT2D eigenvalue weighted by atomic mass is 9.98. The molecule has 0 N–H and O–H groups in total. The molecule has 0 fully saturated rings. The number of fused-ring (bicyclic) bond motifs is 2. The molecule has 0 bridgehead atoms. The number of alkyl halides is 5. The second-order valence-corrected chi connectivity index (χ2v) is 8.88. The summed E-state index contributed by atoms with van der Waals surface area (Å²) in [6.45, 7) is 0. The molecule has 0 aliphatic carbocycles. The van der Waals surface area contributed by atoms with Crippen LogP contribution in [0.4, 0.5) is 48.3 Å². The first-order valence-corrected chi connectivity index (χ1v) is 11.6. The van der Waals surface area contributed by atoms with Crippen LogP contribution in [0.1, 0.15) is 11.1 Å². The zero-order valence-corrected chi connectivity index (χ0v) is 20.4. The van der Waals surface area contributed by atoms with Crippen molar-refractivity contribution < 1.29 is 53.0 Å². The van der Waals surface area contributed by atoms with Crippen LogP contribution in [0.5, 0.6) is 5.75 Å². The molecule has 0 amide bonds. The molecule has 214 valence electrons. The lowest BCUT2D eigenvalue weighted by Crippen LogP contribution is -2.25. The summed E-state index contributed by atoms with van der Waals surface area (Å²) < 4.78 is 160. The summed E-state index contributed by atoms with van der Waals surface area (Å²) in [4.78, 5) is 0. The van der Waals surface area contributed by atoms with Gasteiger partial charge in [-0.1, -0.05) is 42.3 Å². The minimum atomic E-state index is -5.12. The molecule has 5 rings (SSSR count). The van der Waals surface area contributed by atoms with Crippen LogP contribution in [0.3, 0.4) is 0 Å². The zero-order chi connectivity index (χ0) is 30.6. The molecule has 5 aromatic carbocycles. The third-order valence-corrected chi connectivity index (χ3v) is 6.14. The van der Waals surface area contributed by atoms with E-state index in [9.17, 15) is 43.9 Å². The quantitative estimate of drug-likeness (QED) is 0.148. The van der Waals surface area contributed by atoms with E-state index < -0.39 is 80.4 Å². The van der Waals surface area contributed by atoms with E-state index >= 15 is 4.39 Å². The molecule has 0 spiro atoms. The Balaban J connectivity index is 1.52. The van der Waals surface area contributed by atoms with Crippen molar-refractivity contribution in [3.63, 3.8) is 0 Å². The monoisotopic (exact) mass is 596 g/mol. The van der Waals surface area contributed by atoms with Crippen molar-refractivity contribution in [2.45, 2.75) is 12.3 Å². The Morgan fingerprint density at radius 1 is 0.619 bits per heavy atom. The first-order valence-electron chi connectivity index (χ1n) is 11.6. The molecule has 0 heterocycles. The van der Waals surface area contributed by atoms with E-state index in [0.29, 0.717) is 35.6 Å². The highest BCUT2D eigenvalue weighted by Gasteiger charge is 2.41. The Hall–Kier alpha value is -4.79. The maximum Gasteiger partial charge on any atom is 0.458 e. The third-order valence-electron chi connectivity index (χ3n) is 6.14. The van der Waals surface area contributed by atoms with Crippen LogP contribution in [0, 0.1) is 46.7 Å². The van der Waals surface area contributed by atoms with Gasteiger partial charge in [-0.15, -0.1) is 0 Å². The number of benzene rings is 5. The minimum absolute atomic E-state index is 0.110. The van der Waals surface area contributed by atoms with Crippen LogP contribution in [0.15, 0.2) is 66.7 Å². The standard InChI is InChI=1S/C30H11F11O/c31-21-12-16-9-17(13-22(32)25(16)28(36)20(21)7-8-29(37,38)39)42-30(40,41)26-23(33)10-15(11-24(26)34)19-6-5-14-3-1-2-4-18(14)27(19)35/h1-6,9-13H. The van der Waals surface area contributed by atoms with Crippen LogP contribution in [-0.2, 0) is 6.11 Å². The Labute approximate surface area is 228 Å². The molecule has 0 unspecified atom stereocenters. The van der Waals surface area contributed by atoms with E-state index in [1.807, 2.05) is 0 Å². The van der Waals surface area contributed by atoms with Crippen molar-refractivity contribution in [3.8, 4) is 28.7 Å². The lowest BCUT2D eigenvalue weighted by Gasteiger charge is -2.20. The lowest BCUT2D eigenvalue weighted by molar-refractivity contribution is -0.189. The van der Waals surface area contributed by atoms with Gasteiger partial charge in [-0.2, -0.15) is 22.0 Å². The topological polar surface area (TPSA) is 9.23 Å². The fourth-order valence-electron chi connectivity index (χ4n) is 4.36. The highest BCUT2D eigenvalue weighted by atomic mass is 19.4. The summed E-state index contributed by atoms with van der Waals surface area (Å²) in [5.41, 5.74) is -4.06. The van der Waals surface area contributed by atoms with Gasteiger partial charge in [0.2, 0.25) is 0 Å². The summed E-state index contributed by atoms with van der Waals surface area (Å²) in [6, 6.07) is 10.7. The minimum Gasteiger partial charge on any atom is -0.429 e. The van der Waals surface area contributed by atoms with Crippen LogP contribution in [0.2, 0.25) is 0 Å². The number of ether oxygens (including phenoxy) is 1. The van der Waals surface area contributed by atoms with E-state index in [4.69, 9.17) is 0 Å². The van der Waals surface area contributed by atoms with Gasteiger partial charge in [-0.25, -0.2) is 26.3 Å². The molecule has 0 radical (unpaired) electrons. The molecular weight excluding hydrogens is 585 g/mol. The molecule has 0 saturated carbocycles. The highest BCUT2D eigenvalue weighted by Crippen LogP contribution is 2.40. The van der Waals surface area contributed by atoms with Gasteiger partial charge < -0.3 is 4.74 Å². The van der Waals surface area contributed by atoms with Crippen LogP contribution < -0.4 is 4.74 Å².